The lowest BCUT2D eigenvalue weighted by Gasteiger charge is -2.17. The lowest BCUT2D eigenvalue weighted by Crippen LogP contribution is -2.30. The molecule has 2 aromatic carbocycles. The molecule has 1 atom stereocenters. The third kappa shape index (κ3) is 3.66. The SMILES string of the molecule is COc1ccc(C(=O)NC(c2ccccc2)c2n[nH]c(C)n2)cc1OC. The normalized spacial score (nSPS) is 11.7. The summed E-state index contributed by atoms with van der Waals surface area (Å²) in [6.45, 7) is 1.81. The van der Waals surface area contributed by atoms with Crippen molar-refractivity contribution in [1.82, 2.24) is 20.5 Å². The minimum atomic E-state index is -0.471. The molecule has 1 amide bonds. The summed E-state index contributed by atoms with van der Waals surface area (Å²) in [4.78, 5) is 17.2. The van der Waals surface area contributed by atoms with Crippen LogP contribution >= 0.6 is 0 Å². The first-order valence-corrected chi connectivity index (χ1v) is 8.09. The second kappa shape index (κ2) is 7.69. The van der Waals surface area contributed by atoms with Crippen LogP contribution in [-0.2, 0) is 0 Å². The summed E-state index contributed by atoms with van der Waals surface area (Å²) in [5, 5.41) is 10.0. The van der Waals surface area contributed by atoms with Gasteiger partial charge in [0.15, 0.2) is 17.3 Å². The molecule has 3 aromatic rings. The van der Waals surface area contributed by atoms with Crippen LogP contribution in [0.3, 0.4) is 0 Å². The van der Waals surface area contributed by atoms with Crippen molar-refractivity contribution in [2.75, 3.05) is 14.2 Å². The summed E-state index contributed by atoms with van der Waals surface area (Å²) in [6.07, 6.45) is 0. The molecule has 0 radical (unpaired) electrons. The van der Waals surface area contributed by atoms with Gasteiger partial charge < -0.3 is 14.8 Å². The third-order valence-corrected chi connectivity index (χ3v) is 3.93. The van der Waals surface area contributed by atoms with Crippen molar-refractivity contribution in [1.29, 1.82) is 0 Å². The fraction of sp³-hybridized carbons (Fsp3) is 0.211. The Labute approximate surface area is 151 Å². The van der Waals surface area contributed by atoms with Gasteiger partial charge in [0.1, 0.15) is 11.9 Å². The number of methoxy groups -OCH3 is 2. The quantitative estimate of drug-likeness (QED) is 0.712. The van der Waals surface area contributed by atoms with Gasteiger partial charge in [-0.1, -0.05) is 30.3 Å². The molecule has 7 heteroatoms. The van der Waals surface area contributed by atoms with Gasteiger partial charge in [0.05, 0.1) is 14.2 Å². The average molecular weight is 352 g/mol. The Bertz CT molecular complexity index is 893. The number of amides is 1. The summed E-state index contributed by atoms with van der Waals surface area (Å²) < 4.78 is 10.5. The van der Waals surface area contributed by atoms with Gasteiger partial charge in [-0.3, -0.25) is 9.89 Å². The number of carbonyl (C=O) groups is 1. The number of ether oxygens (including phenoxy) is 2. The van der Waals surface area contributed by atoms with Crippen molar-refractivity contribution in [2.24, 2.45) is 0 Å². The third-order valence-electron chi connectivity index (χ3n) is 3.93. The average Bonchev–Trinajstić information content (AvgIpc) is 3.12. The van der Waals surface area contributed by atoms with E-state index >= 15 is 0 Å². The van der Waals surface area contributed by atoms with E-state index in [9.17, 15) is 4.79 Å². The van der Waals surface area contributed by atoms with Crippen LogP contribution in [-0.4, -0.2) is 35.3 Å². The van der Waals surface area contributed by atoms with Crippen LogP contribution in [0.1, 0.15) is 33.6 Å². The van der Waals surface area contributed by atoms with Crippen LogP contribution in [0.25, 0.3) is 0 Å². The molecule has 1 unspecified atom stereocenters. The molecule has 7 nitrogen and oxygen atoms in total. The molecule has 3 rings (SSSR count). The number of H-pyrrole nitrogens is 1. The first-order chi connectivity index (χ1) is 12.6. The summed E-state index contributed by atoms with van der Waals surface area (Å²) in [5.41, 5.74) is 1.34. The second-order valence-corrected chi connectivity index (χ2v) is 5.67. The smallest absolute Gasteiger partial charge is 0.252 e. The highest BCUT2D eigenvalue weighted by molar-refractivity contribution is 5.95. The van der Waals surface area contributed by atoms with E-state index in [4.69, 9.17) is 9.47 Å². The lowest BCUT2D eigenvalue weighted by molar-refractivity contribution is 0.0941. The van der Waals surface area contributed by atoms with Crippen LogP contribution in [0.2, 0.25) is 0 Å². The molecule has 0 bridgehead atoms. The number of rotatable bonds is 6. The minimum absolute atomic E-state index is 0.262. The Balaban J connectivity index is 1.91. The highest BCUT2D eigenvalue weighted by Gasteiger charge is 2.22. The van der Waals surface area contributed by atoms with Gasteiger partial charge in [-0.15, -0.1) is 0 Å². The fourth-order valence-corrected chi connectivity index (χ4v) is 2.62. The first-order valence-electron chi connectivity index (χ1n) is 8.09. The van der Waals surface area contributed by atoms with E-state index in [0.717, 1.165) is 5.56 Å². The Morgan fingerprint density at radius 3 is 2.42 bits per heavy atom. The molecular formula is C19H20N4O3. The minimum Gasteiger partial charge on any atom is -0.493 e. The highest BCUT2D eigenvalue weighted by atomic mass is 16.5. The second-order valence-electron chi connectivity index (χ2n) is 5.67. The predicted octanol–water partition coefficient (Wildman–Crippen LogP) is 2.65. The van der Waals surface area contributed by atoms with E-state index < -0.39 is 6.04 Å². The zero-order chi connectivity index (χ0) is 18.5. The largest absolute Gasteiger partial charge is 0.493 e. The number of aromatic amines is 1. The molecule has 0 aliphatic carbocycles. The Morgan fingerprint density at radius 2 is 1.81 bits per heavy atom. The van der Waals surface area contributed by atoms with Gasteiger partial charge in [-0.05, 0) is 30.7 Å². The summed E-state index contributed by atoms with van der Waals surface area (Å²) >= 11 is 0. The summed E-state index contributed by atoms with van der Waals surface area (Å²) in [5.74, 6) is 1.98. The molecule has 0 aliphatic rings. The molecule has 0 aliphatic heterocycles. The van der Waals surface area contributed by atoms with Crippen molar-refractivity contribution in [3.8, 4) is 11.5 Å². The van der Waals surface area contributed by atoms with Crippen LogP contribution in [0.4, 0.5) is 0 Å². The van der Waals surface area contributed by atoms with Crippen molar-refractivity contribution < 1.29 is 14.3 Å². The van der Waals surface area contributed by atoms with Crippen molar-refractivity contribution in [2.45, 2.75) is 13.0 Å². The summed E-state index contributed by atoms with van der Waals surface area (Å²) in [7, 11) is 3.08. The van der Waals surface area contributed by atoms with E-state index in [1.807, 2.05) is 37.3 Å². The van der Waals surface area contributed by atoms with Gasteiger partial charge in [-0.2, -0.15) is 5.10 Å². The highest BCUT2D eigenvalue weighted by Crippen LogP contribution is 2.28. The van der Waals surface area contributed by atoms with Crippen molar-refractivity contribution in [3.63, 3.8) is 0 Å². The number of nitrogens with zero attached hydrogens (tertiary/aromatic N) is 2. The molecule has 2 N–H and O–H groups in total. The van der Waals surface area contributed by atoms with Crippen molar-refractivity contribution >= 4 is 5.91 Å². The Morgan fingerprint density at radius 1 is 1.08 bits per heavy atom. The molecule has 0 saturated carbocycles. The van der Waals surface area contributed by atoms with Crippen molar-refractivity contribution in [3.05, 3.63) is 71.3 Å². The number of carbonyl (C=O) groups excluding carboxylic acids is 1. The van der Waals surface area contributed by atoms with Gasteiger partial charge in [0.25, 0.3) is 5.91 Å². The maximum Gasteiger partial charge on any atom is 0.252 e. The van der Waals surface area contributed by atoms with Gasteiger partial charge >= 0.3 is 0 Å². The lowest BCUT2D eigenvalue weighted by atomic mass is 10.1. The van der Waals surface area contributed by atoms with Gasteiger partial charge in [0.2, 0.25) is 0 Å². The van der Waals surface area contributed by atoms with Gasteiger partial charge in [0, 0.05) is 5.56 Å². The predicted molar refractivity (Wildman–Crippen MR) is 96.4 cm³/mol. The molecule has 0 fully saturated rings. The summed E-state index contributed by atoms with van der Waals surface area (Å²) in [6, 6.07) is 14.1. The number of hydrogen-bond donors (Lipinski definition) is 2. The van der Waals surface area contributed by atoms with E-state index in [-0.39, 0.29) is 5.91 Å². The van der Waals surface area contributed by atoms with E-state index in [2.05, 4.69) is 20.5 Å². The number of nitrogens with one attached hydrogen (secondary N) is 2. The topological polar surface area (TPSA) is 89.1 Å². The number of benzene rings is 2. The molecule has 0 spiro atoms. The molecule has 0 saturated heterocycles. The van der Waals surface area contributed by atoms with E-state index in [1.54, 1.807) is 25.3 Å². The first kappa shape index (κ1) is 17.5. The number of aryl methyl sites for hydroxylation is 1. The van der Waals surface area contributed by atoms with Crippen LogP contribution in [0.5, 0.6) is 11.5 Å². The Kier molecular flexibility index (Phi) is 5.17. The maximum absolute atomic E-state index is 12.8. The number of hydrogen-bond acceptors (Lipinski definition) is 5. The standard InChI is InChI=1S/C19H20N4O3/c1-12-20-18(23-22-12)17(13-7-5-4-6-8-13)21-19(24)14-9-10-15(25-2)16(11-14)26-3/h4-11,17H,1-3H3,(H,21,24)(H,20,22,23). The van der Waals surface area contributed by atoms with Gasteiger partial charge in [-0.25, -0.2) is 4.98 Å². The Hall–Kier alpha value is -3.35. The molecule has 134 valence electrons. The van der Waals surface area contributed by atoms with Crippen LogP contribution < -0.4 is 14.8 Å². The van der Waals surface area contributed by atoms with E-state index in [1.165, 1.54) is 7.11 Å². The zero-order valence-corrected chi connectivity index (χ0v) is 14.8. The monoisotopic (exact) mass is 352 g/mol. The van der Waals surface area contributed by atoms with Crippen LogP contribution in [0, 0.1) is 6.92 Å². The van der Waals surface area contributed by atoms with Crippen LogP contribution in [0.15, 0.2) is 48.5 Å². The molecular weight excluding hydrogens is 332 g/mol. The number of aromatic nitrogens is 3. The van der Waals surface area contributed by atoms with E-state index in [0.29, 0.717) is 28.7 Å². The maximum atomic E-state index is 12.8. The zero-order valence-electron chi connectivity index (χ0n) is 14.8. The molecule has 1 heterocycles. The molecule has 26 heavy (non-hydrogen) atoms. The molecule has 1 aromatic heterocycles. The fourth-order valence-electron chi connectivity index (χ4n) is 2.62.